The Labute approximate surface area is 117 Å². The Kier molecular flexibility index (Phi) is 4.03. The zero-order valence-electron chi connectivity index (χ0n) is 11.5. The second-order valence-electron chi connectivity index (χ2n) is 4.73. The molecular weight excluding hydrogens is 255 g/mol. The molecular formula is C16H17FN2O. The highest BCUT2D eigenvalue weighted by Gasteiger charge is 2.07. The predicted molar refractivity (Wildman–Crippen MR) is 77.7 cm³/mol. The molecule has 0 spiro atoms. The molecule has 2 rings (SSSR count). The van der Waals surface area contributed by atoms with Crippen LogP contribution in [0.3, 0.4) is 0 Å². The van der Waals surface area contributed by atoms with Gasteiger partial charge in [0.15, 0.2) is 11.6 Å². The van der Waals surface area contributed by atoms with Gasteiger partial charge in [-0.2, -0.15) is 0 Å². The van der Waals surface area contributed by atoms with Gasteiger partial charge in [-0.05, 0) is 42.7 Å². The van der Waals surface area contributed by atoms with Crippen LogP contribution in [-0.2, 0) is 6.61 Å². The van der Waals surface area contributed by atoms with E-state index in [1.165, 1.54) is 0 Å². The first-order valence-corrected chi connectivity index (χ1v) is 6.31. The van der Waals surface area contributed by atoms with E-state index in [0.29, 0.717) is 11.1 Å². The van der Waals surface area contributed by atoms with Crippen molar-refractivity contribution < 1.29 is 9.13 Å². The molecule has 0 atom stereocenters. The number of halogens is 1. The summed E-state index contributed by atoms with van der Waals surface area (Å²) in [6.45, 7) is 3.90. The van der Waals surface area contributed by atoms with E-state index in [4.69, 9.17) is 15.9 Å². The van der Waals surface area contributed by atoms with E-state index in [9.17, 15) is 4.39 Å². The van der Waals surface area contributed by atoms with E-state index in [0.717, 1.165) is 11.1 Å². The van der Waals surface area contributed by atoms with Gasteiger partial charge in [0.25, 0.3) is 0 Å². The molecule has 0 aliphatic rings. The molecule has 0 saturated carbocycles. The van der Waals surface area contributed by atoms with Gasteiger partial charge in [-0.15, -0.1) is 0 Å². The zero-order chi connectivity index (χ0) is 14.7. The fourth-order valence-corrected chi connectivity index (χ4v) is 1.91. The molecule has 0 bridgehead atoms. The maximum Gasteiger partial charge on any atom is 0.167 e. The highest BCUT2D eigenvalue weighted by atomic mass is 19.1. The first-order chi connectivity index (χ1) is 9.49. The van der Waals surface area contributed by atoms with Gasteiger partial charge in [0.05, 0.1) is 0 Å². The summed E-state index contributed by atoms with van der Waals surface area (Å²) in [5.41, 5.74) is 8.58. The van der Waals surface area contributed by atoms with Gasteiger partial charge in [-0.1, -0.05) is 24.3 Å². The molecule has 0 unspecified atom stereocenters. The van der Waals surface area contributed by atoms with Crippen LogP contribution in [0.5, 0.6) is 5.75 Å². The molecule has 3 nitrogen and oxygen atoms in total. The molecule has 0 aliphatic carbocycles. The smallest absolute Gasteiger partial charge is 0.167 e. The molecule has 0 heterocycles. The summed E-state index contributed by atoms with van der Waals surface area (Å²) in [7, 11) is 0. The van der Waals surface area contributed by atoms with Gasteiger partial charge in [0, 0.05) is 5.56 Å². The number of ether oxygens (including phenoxy) is 1. The molecule has 104 valence electrons. The molecule has 0 aromatic heterocycles. The lowest BCUT2D eigenvalue weighted by Crippen LogP contribution is -2.11. The Hall–Kier alpha value is -2.36. The van der Waals surface area contributed by atoms with Gasteiger partial charge >= 0.3 is 0 Å². The van der Waals surface area contributed by atoms with Gasteiger partial charge in [-0.3, -0.25) is 5.41 Å². The number of hydrogen-bond donors (Lipinski definition) is 2. The van der Waals surface area contributed by atoms with Crippen LogP contribution in [-0.4, -0.2) is 5.84 Å². The van der Waals surface area contributed by atoms with E-state index < -0.39 is 0 Å². The van der Waals surface area contributed by atoms with Crippen molar-refractivity contribution in [2.45, 2.75) is 20.5 Å². The Morgan fingerprint density at radius 2 is 1.95 bits per heavy atom. The van der Waals surface area contributed by atoms with Crippen LogP contribution < -0.4 is 10.5 Å². The highest BCUT2D eigenvalue weighted by molar-refractivity contribution is 5.95. The third-order valence-corrected chi connectivity index (χ3v) is 3.19. The third-order valence-electron chi connectivity index (χ3n) is 3.19. The van der Waals surface area contributed by atoms with Crippen molar-refractivity contribution in [2.75, 3.05) is 0 Å². The average Bonchev–Trinajstić information content (AvgIpc) is 2.41. The van der Waals surface area contributed by atoms with Crippen molar-refractivity contribution in [2.24, 2.45) is 5.73 Å². The highest BCUT2D eigenvalue weighted by Crippen LogP contribution is 2.21. The number of aryl methyl sites for hydroxylation is 2. The second kappa shape index (κ2) is 5.74. The second-order valence-corrected chi connectivity index (χ2v) is 4.73. The summed E-state index contributed by atoms with van der Waals surface area (Å²) in [6, 6.07) is 10.5. The van der Waals surface area contributed by atoms with E-state index in [2.05, 4.69) is 0 Å². The molecule has 0 radical (unpaired) electrons. The molecule has 2 aromatic rings. The van der Waals surface area contributed by atoms with Crippen molar-refractivity contribution in [3.05, 3.63) is 64.5 Å². The molecule has 0 fully saturated rings. The minimum atomic E-state index is -0.328. The quantitative estimate of drug-likeness (QED) is 0.662. The van der Waals surface area contributed by atoms with E-state index in [-0.39, 0.29) is 24.0 Å². The minimum Gasteiger partial charge on any atom is -0.486 e. The molecule has 2 aromatic carbocycles. The maximum absolute atomic E-state index is 13.8. The number of nitrogens with one attached hydrogen (secondary N) is 1. The number of amidine groups is 1. The summed E-state index contributed by atoms with van der Waals surface area (Å²) < 4.78 is 19.3. The lowest BCUT2D eigenvalue weighted by molar-refractivity contribution is 0.289. The molecule has 3 N–H and O–H groups in total. The molecule has 0 aliphatic heterocycles. The molecule has 0 amide bonds. The first-order valence-electron chi connectivity index (χ1n) is 6.31. The van der Waals surface area contributed by atoms with E-state index in [1.807, 2.05) is 19.1 Å². The number of nitrogen functional groups attached to an aromatic ring is 1. The first kappa shape index (κ1) is 14.1. The summed E-state index contributed by atoms with van der Waals surface area (Å²) >= 11 is 0. The van der Waals surface area contributed by atoms with Gasteiger partial charge in [0.1, 0.15) is 12.4 Å². The number of benzene rings is 2. The molecule has 20 heavy (non-hydrogen) atoms. The summed E-state index contributed by atoms with van der Waals surface area (Å²) in [5, 5.41) is 7.39. The van der Waals surface area contributed by atoms with Crippen LogP contribution in [0.2, 0.25) is 0 Å². The monoisotopic (exact) mass is 272 g/mol. The number of hydrogen-bond acceptors (Lipinski definition) is 2. The normalized spacial score (nSPS) is 10.3. The van der Waals surface area contributed by atoms with Crippen molar-refractivity contribution in [1.29, 1.82) is 5.41 Å². The Morgan fingerprint density at radius 3 is 2.60 bits per heavy atom. The van der Waals surface area contributed by atoms with Crippen molar-refractivity contribution in [3.63, 3.8) is 0 Å². The van der Waals surface area contributed by atoms with E-state index in [1.54, 1.807) is 31.2 Å². The van der Waals surface area contributed by atoms with Crippen LogP contribution in [0.15, 0.2) is 36.4 Å². The fraction of sp³-hybridized carbons (Fsp3) is 0.188. The molecule has 0 saturated heterocycles. The van der Waals surface area contributed by atoms with Crippen LogP contribution >= 0.6 is 0 Å². The zero-order valence-corrected chi connectivity index (χ0v) is 11.5. The van der Waals surface area contributed by atoms with Gasteiger partial charge in [-0.25, -0.2) is 4.39 Å². The fourth-order valence-electron chi connectivity index (χ4n) is 1.91. The molecule has 4 heteroatoms. The Balaban J connectivity index is 2.15. The maximum atomic E-state index is 13.8. The van der Waals surface area contributed by atoms with Crippen molar-refractivity contribution in [1.82, 2.24) is 0 Å². The Bertz CT molecular complexity index is 653. The predicted octanol–water partition coefficient (Wildman–Crippen LogP) is 3.31. The topological polar surface area (TPSA) is 59.1 Å². The SMILES string of the molecule is Cc1cc(C(=N)N)ccc1COc1cccc(C)c1F. The number of rotatable bonds is 4. The van der Waals surface area contributed by atoms with Crippen LogP contribution in [0.4, 0.5) is 4.39 Å². The van der Waals surface area contributed by atoms with Crippen molar-refractivity contribution >= 4 is 5.84 Å². The van der Waals surface area contributed by atoms with E-state index >= 15 is 0 Å². The van der Waals surface area contributed by atoms with Gasteiger partial charge < -0.3 is 10.5 Å². The Morgan fingerprint density at radius 1 is 1.20 bits per heavy atom. The van der Waals surface area contributed by atoms with Crippen LogP contribution in [0.25, 0.3) is 0 Å². The van der Waals surface area contributed by atoms with Gasteiger partial charge in [0.2, 0.25) is 0 Å². The third kappa shape index (κ3) is 2.96. The summed E-state index contributed by atoms with van der Waals surface area (Å²) in [5.74, 6) is -0.0455. The minimum absolute atomic E-state index is 0.0327. The standard InChI is InChI=1S/C16H17FN2O/c1-10-4-3-5-14(15(10)17)20-9-13-7-6-12(16(18)19)8-11(13)2/h3-8H,9H2,1-2H3,(H3,18,19). The summed E-state index contributed by atoms with van der Waals surface area (Å²) in [4.78, 5) is 0. The number of nitrogens with two attached hydrogens (primary N) is 1. The summed E-state index contributed by atoms with van der Waals surface area (Å²) in [6.07, 6.45) is 0. The largest absolute Gasteiger partial charge is 0.486 e. The van der Waals surface area contributed by atoms with Crippen molar-refractivity contribution in [3.8, 4) is 5.75 Å². The van der Waals surface area contributed by atoms with Crippen LogP contribution in [0.1, 0.15) is 22.3 Å². The average molecular weight is 272 g/mol. The van der Waals surface area contributed by atoms with Crippen LogP contribution in [0, 0.1) is 25.1 Å². The lowest BCUT2D eigenvalue weighted by atomic mass is 10.1. The lowest BCUT2D eigenvalue weighted by Gasteiger charge is -2.11.